The molecule has 1 saturated carbocycles. The van der Waals surface area contributed by atoms with Crippen LogP contribution in [-0.2, 0) is 4.43 Å². The third-order valence-corrected chi connectivity index (χ3v) is 8.60. The van der Waals surface area contributed by atoms with Crippen LogP contribution in [0.2, 0.25) is 18.1 Å². The van der Waals surface area contributed by atoms with Gasteiger partial charge in [-0.15, -0.1) is 5.73 Å². The van der Waals surface area contributed by atoms with Crippen molar-refractivity contribution in [1.29, 1.82) is 0 Å². The molecule has 0 aromatic carbocycles. The molecular formula is C15H28OSi. The second kappa shape index (κ2) is 6.04. The smallest absolute Gasteiger partial charge is 0.192 e. The van der Waals surface area contributed by atoms with Gasteiger partial charge in [0, 0.05) is 0 Å². The van der Waals surface area contributed by atoms with Crippen LogP contribution in [0.1, 0.15) is 52.9 Å². The van der Waals surface area contributed by atoms with Crippen LogP contribution in [0, 0.1) is 0 Å². The summed E-state index contributed by atoms with van der Waals surface area (Å²) in [4.78, 5) is 0. The Morgan fingerprint density at radius 2 is 1.76 bits per heavy atom. The molecule has 1 aliphatic rings. The lowest BCUT2D eigenvalue weighted by Gasteiger charge is -2.35. The van der Waals surface area contributed by atoms with Crippen molar-refractivity contribution < 1.29 is 4.43 Å². The molecule has 0 amide bonds. The molecule has 1 rings (SSSR count). The summed E-state index contributed by atoms with van der Waals surface area (Å²) in [7, 11) is -1.57. The van der Waals surface area contributed by atoms with Gasteiger partial charge in [-0.25, -0.2) is 0 Å². The van der Waals surface area contributed by atoms with E-state index in [0.29, 0.717) is 5.04 Å². The van der Waals surface area contributed by atoms with Gasteiger partial charge in [-0.3, -0.25) is 0 Å². The molecule has 98 valence electrons. The van der Waals surface area contributed by atoms with Crippen molar-refractivity contribution in [3.8, 4) is 0 Å². The Bertz CT molecular complexity index is 295. The second-order valence-electron chi connectivity index (χ2n) is 6.58. The first kappa shape index (κ1) is 14.8. The van der Waals surface area contributed by atoms with Crippen molar-refractivity contribution >= 4 is 8.32 Å². The molecule has 2 heteroatoms. The summed E-state index contributed by atoms with van der Waals surface area (Å²) in [6.45, 7) is 12.2. The minimum atomic E-state index is -1.57. The molecule has 1 nitrogen and oxygen atoms in total. The highest BCUT2D eigenvalue weighted by Crippen LogP contribution is 2.36. The molecule has 0 aliphatic heterocycles. The van der Waals surface area contributed by atoms with Crippen molar-refractivity contribution in [2.24, 2.45) is 0 Å². The number of hydrogen-bond donors (Lipinski definition) is 0. The predicted octanol–water partition coefficient (Wildman–Crippen LogP) is 5.05. The lowest BCUT2D eigenvalue weighted by atomic mass is 9.96. The highest BCUT2D eigenvalue weighted by atomic mass is 28.4. The van der Waals surface area contributed by atoms with Gasteiger partial charge in [0.1, 0.15) is 0 Å². The maximum atomic E-state index is 6.09. The monoisotopic (exact) mass is 252 g/mol. The van der Waals surface area contributed by atoms with Gasteiger partial charge in [0.25, 0.3) is 0 Å². The lowest BCUT2D eigenvalue weighted by molar-refractivity contribution is 0.328. The second-order valence-corrected chi connectivity index (χ2v) is 11.4. The Morgan fingerprint density at radius 1 is 1.18 bits per heavy atom. The number of rotatable bonds is 3. The van der Waals surface area contributed by atoms with Gasteiger partial charge in [-0.1, -0.05) is 27.2 Å². The third-order valence-electron chi connectivity index (χ3n) is 4.10. The fraction of sp³-hybridized carbons (Fsp3) is 0.800. The van der Waals surface area contributed by atoms with E-state index in [1.807, 2.05) is 0 Å². The Labute approximate surface area is 108 Å². The maximum absolute atomic E-state index is 6.09. The van der Waals surface area contributed by atoms with E-state index in [1.165, 1.54) is 37.7 Å². The molecule has 1 fully saturated rings. The van der Waals surface area contributed by atoms with Crippen LogP contribution in [0.3, 0.4) is 0 Å². The van der Waals surface area contributed by atoms with Gasteiger partial charge in [0.15, 0.2) is 8.32 Å². The standard InChI is InChI=1S/C15H28OSi/c1-15(2,3)17(4,5)16-13-9-12-14-10-7-6-8-11-14/h9H,6-8,10-11,13H2,1-5H3. The van der Waals surface area contributed by atoms with E-state index >= 15 is 0 Å². The first-order valence-corrected chi connectivity index (χ1v) is 9.81. The summed E-state index contributed by atoms with van der Waals surface area (Å²) in [5, 5.41) is 0.304. The molecule has 0 bridgehead atoms. The topological polar surface area (TPSA) is 9.23 Å². The van der Waals surface area contributed by atoms with E-state index in [-0.39, 0.29) is 0 Å². The fourth-order valence-corrected chi connectivity index (χ4v) is 2.71. The predicted molar refractivity (Wildman–Crippen MR) is 77.8 cm³/mol. The van der Waals surface area contributed by atoms with E-state index in [4.69, 9.17) is 4.43 Å². The molecule has 1 aliphatic carbocycles. The normalized spacial score (nSPS) is 17.8. The summed E-state index contributed by atoms with van der Waals surface area (Å²) < 4.78 is 6.09. The number of hydrogen-bond acceptors (Lipinski definition) is 1. The fourth-order valence-electron chi connectivity index (χ4n) is 1.78. The van der Waals surface area contributed by atoms with Gasteiger partial charge >= 0.3 is 0 Å². The van der Waals surface area contributed by atoms with Crippen molar-refractivity contribution in [2.75, 3.05) is 6.61 Å². The van der Waals surface area contributed by atoms with E-state index in [0.717, 1.165) is 6.61 Å². The Balaban J connectivity index is 2.44. The highest BCUT2D eigenvalue weighted by Gasteiger charge is 2.36. The average molecular weight is 252 g/mol. The molecule has 0 unspecified atom stereocenters. The van der Waals surface area contributed by atoms with Crippen LogP contribution >= 0.6 is 0 Å². The van der Waals surface area contributed by atoms with Gasteiger partial charge in [0.05, 0.1) is 6.61 Å². The van der Waals surface area contributed by atoms with Crippen LogP contribution in [0.4, 0.5) is 0 Å². The molecule has 0 radical (unpaired) electrons. The van der Waals surface area contributed by atoms with Crippen molar-refractivity contribution in [3.63, 3.8) is 0 Å². The maximum Gasteiger partial charge on any atom is 0.192 e. The van der Waals surface area contributed by atoms with Crippen molar-refractivity contribution in [1.82, 2.24) is 0 Å². The van der Waals surface area contributed by atoms with Crippen LogP contribution < -0.4 is 0 Å². The molecular weight excluding hydrogens is 224 g/mol. The van der Waals surface area contributed by atoms with Crippen molar-refractivity contribution in [2.45, 2.75) is 71.0 Å². The van der Waals surface area contributed by atoms with Crippen LogP contribution in [0.15, 0.2) is 17.4 Å². The van der Waals surface area contributed by atoms with Crippen LogP contribution in [-0.4, -0.2) is 14.9 Å². The average Bonchev–Trinajstić information content (AvgIpc) is 2.24. The van der Waals surface area contributed by atoms with Crippen LogP contribution in [0.5, 0.6) is 0 Å². The van der Waals surface area contributed by atoms with E-state index < -0.39 is 8.32 Å². The first-order valence-electron chi connectivity index (χ1n) is 6.90. The lowest BCUT2D eigenvalue weighted by Crippen LogP contribution is -2.40. The molecule has 0 spiro atoms. The van der Waals surface area contributed by atoms with Gasteiger partial charge in [0.2, 0.25) is 0 Å². The van der Waals surface area contributed by atoms with E-state index in [2.05, 4.69) is 45.7 Å². The summed E-state index contributed by atoms with van der Waals surface area (Å²) >= 11 is 0. The summed E-state index contributed by atoms with van der Waals surface area (Å²) in [5.41, 5.74) is 4.93. The largest absolute Gasteiger partial charge is 0.413 e. The Hall–Kier alpha value is -0.303. The Morgan fingerprint density at radius 3 is 2.29 bits per heavy atom. The molecule has 17 heavy (non-hydrogen) atoms. The third kappa shape index (κ3) is 4.83. The summed E-state index contributed by atoms with van der Waals surface area (Å²) in [6.07, 6.45) is 8.68. The SMILES string of the molecule is CC(C)(C)[Si](C)(C)OCC=C=C1CCCCC1. The zero-order valence-electron chi connectivity index (χ0n) is 12.2. The molecule has 0 saturated heterocycles. The van der Waals surface area contributed by atoms with E-state index in [9.17, 15) is 0 Å². The molecule has 0 aromatic rings. The molecule has 0 heterocycles. The van der Waals surface area contributed by atoms with Gasteiger partial charge in [-0.05, 0) is 55.5 Å². The Kier molecular flexibility index (Phi) is 5.24. The van der Waals surface area contributed by atoms with E-state index in [1.54, 1.807) is 0 Å². The molecule has 0 atom stereocenters. The molecule has 0 N–H and O–H groups in total. The molecule has 0 aromatic heterocycles. The first-order chi connectivity index (χ1) is 7.83. The zero-order chi connectivity index (χ0) is 12.9. The van der Waals surface area contributed by atoms with Crippen LogP contribution in [0.25, 0.3) is 0 Å². The minimum absolute atomic E-state index is 0.304. The van der Waals surface area contributed by atoms with Crippen molar-refractivity contribution in [3.05, 3.63) is 17.4 Å². The minimum Gasteiger partial charge on any atom is -0.413 e. The zero-order valence-corrected chi connectivity index (χ0v) is 13.2. The van der Waals surface area contributed by atoms with Gasteiger partial charge < -0.3 is 4.43 Å². The quantitative estimate of drug-likeness (QED) is 0.504. The summed E-state index contributed by atoms with van der Waals surface area (Å²) in [5.74, 6) is 0. The summed E-state index contributed by atoms with van der Waals surface area (Å²) in [6, 6.07) is 0. The highest BCUT2D eigenvalue weighted by molar-refractivity contribution is 6.74. The van der Waals surface area contributed by atoms with Gasteiger partial charge in [-0.2, -0.15) is 0 Å².